The van der Waals surface area contributed by atoms with Crippen molar-refractivity contribution in [2.24, 2.45) is 0 Å². The average molecular weight is 267 g/mol. The van der Waals surface area contributed by atoms with Crippen molar-refractivity contribution in [2.75, 3.05) is 13.1 Å². The third-order valence-corrected chi connectivity index (χ3v) is 3.25. The normalized spacial score (nSPS) is 26.8. The predicted molar refractivity (Wildman–Crippen MR) is 51.7 cm³/mol. The van der Waals surface area contributed by atoms with Crippen molar-refractivity contribution in [3.05, 3.63) is 0 Å². The molecule has 0 aromatic carbocycles. The molecule has 1 N–H and O–H groups in total. The Labute approximate surface area is 100 Å². The van der Waals surface area contributed by atoms with Crippen LogP contribution in [0.25, 0.3) is 0 Å². The van der Waals surface area contributed by atoms with E-state index in [1.807, 2.05) is 0 Å². The van der Waals surface area contributed by atoms with Gasteiger partial charge in [-0.1, -0.05) is 0 Å². The first kappa shape index (κ1) is 13.1. The van der Waals surface area contributed by atoms with Gasteiger partial charge in [-0.15, -0.1) is 0 Å². The average Bonchev–Trinajstić information content (AvgIpc) is 2.23. The standard InChI is InChI=1S/C10H12F3NO4/c11-10(12,13)8(17)14-4-9(5-14)3-1-2-6(18-9)7(15)16/h6H,1-5H2,(H,15,16). The predicted octanol–water partition coefficient (Wildman–Crippen LogP) is 0.783. The van der Waals surface area contributed by atoms with Gasteiger partial charge in [0.2, 0.25) is 0 Å². The van der Waals surface area contributed by atoms with Crippen molar-refractivity contribution in [1.29, 1.82) is 0 Å². The molecule has 1 spiro atoms. The van der Waals surface area contributed by atoms with Gasteiger partial charge < -0.3 is 14.7 Å². The van der Waals surface area contributed by atoms with Crippen LogP contribution in [0.5, 0.6) is 0 Å². The SMILES string of the molecule is O=C(O)C1CCCC2(CN(C(=O)C(F)(F)F)C2)O1. The minimum absolute atomic E-state index is 0.185. The van der Waals surface area contributed by atoms with E-state index >= 15 is 0 Å². The zero-order valence-electron chi connectivity index (χ0n) is 9.37. The molecular formula is C10H12F3NO4. The van der Waals surface area contributed by atoms with E-state index in [1.165, 1.54) is 0 Å². The van der Waals surface area contributed by atoms with E-state index in [9.17, 15) is 22.8 Å². The number of carbonyl (C=O) groups is 2. The maximum Gasteiger partial charge on any atom is 0.471 e. The van der Waals surface area contributed by atoms with Crippen LogP contribution in [-0.4, -0.2) is 52.9 Å². The number of alkyl halides is 3. The molecule has 0 aliphatic carbocycles. The number of carbonyl (C=O) groups excluding carboxylic acids is 1. The molecular weight excluding hydrogens is 255 g/mol. The summed E-state index contributed by atoms with van der Waals surface area (Å²) in [4.78, 5) is 22.3. The van der Waals surface area contributed by atoms with Crippen LogP contribution in [0.1, 0.15) is 19.3 Å². The summed E-state index contributed by atoms with van der Waals surface area (Å²) >= 11 is 0. The Morgan fingerprint density at radius 3 is 2.44 bits per heavy atom. The van der Waals surface area contributed by atoms with Crippen LogP contribution in [-0.2, 0) is 14.3 Å². The number of nitrogens with zero attached hydrogens (tertiary/aromatic N) is 1. The van der Waals surface area contributed by atoms with E-state index in [0.29, 0.717) is 24.2 Å². The Kier molecular flexibility index (Phi) is 3.00. The first-order valence-corrected chi connectivity index (χ1v) is 5.50. The fourth-order valence-corrected chi connectivity index (χ4v) is 2.41. The van der Waals surface area contributed by atoms with Gasteiger partial charge in [-0.05, 0) is 19.3 Å². The van der Waals surface area contributed by atoms with E-state index < -0.39 is 29.8 Å². The number of rotatable bonds is 1. The highest BCUT2D eigenvalue weighted by atomic mass is 19.4. The van der Waals surface area contributed by atoms with Gasteiger partial charge in [0.25, 0.3) is 0 Å². The second kappa shape index (κ2) is 4.11. The molecule has 2 heterocycles. The summed E-state index contributed by atoms with van der Waals surface area (Å²) in [6, 6.07) is 0. The molecule has 5 nitrogen and oxygen atoms in total. The summed E-state index contributed by atoms with van der Waals surface area (Å²) in [5, 5.41) is 8.81. The lowest BCUT2D eigenvalue weighted by Crippen LogP contribution is -2.68. The maximum absolute atomic E-state index is 12.2. The van der Waals surface area contributed by atoms with E-state index in [2.05, 4.69) is 0 Å². The molecule has 0 bridgehead atoms. The fourth-order valence-electron chi connectivity index (χ4n) is 2.41. The van der Waals surface area contributed by atoms with Crippen molar-refractivity contribution < 1.29 is 32.6 Å². The van der Waals surface area contributed by atoms with Crippen LogP contribution < -0.4 is 0 Å². The molecule has 0 radical (unpaired) electrons. The third kappa shape index (κ3) is 2.29. The Bertz CT molecular complexity index is 376. The van der Waals surface area contributed by atoms with Gasteiger partial charge >= 0.3 is 18.1 Å². The van der Waals surface area contributed by atoms with E-state index in [4.69, 9.17) is 9.84 Å². The molecule has 2 aliphatic heterocycles. The molecule has 1 unspecified atom stereocenters. The molecule has 1 atom stereocenters. The van der Waals surface area contributed by atoms with Crippen LogP contribution in [0.3, 0.4) is 0 Å². The minimum atomic E-state index is -4.89. The van der Waals surface area contributed by atoms with Gasteiger partial charge in [-0.25, -0.2) is 4.79 Å². The molecule has 18 heavy (non-hydrogen) atoms. The Morgan fingerprint density at radius 2 is 1.94 bits per heavy atom. The van der Waals surface area contributed by atoms with Gasteiger partial charge in [-0.3, -0.25) is 4.79 Å². The van der Waals surface area contributed by atoms with E-state index in [0.717, 1.165) is 0 Å². The number of halogens is 3. The molecule has 8 heteroatoms. The van der Waals surface area contributed by atoms with Gasteiger partial charge in [0, 0.05) is 0 Å². The number of likely N-dealkylation sites (tertiary alicyclic amines) is 1. The Morgan fingerprint density at radius 1 is 1.33 bits per heavy atom. The van der Waals surface area contributed by atoms with Crippen molar-refractivity contribution in [2.45, 2.75) is 37.1 Å². The molecule has 0 saturated carbocycles. The number of amides is 1. The molecule has 0 aromatic rings. The van der Waals surface area contributed by atoms with Crippen molar-refractivity contribution in [3.8, 4) is 0 Å². The van der Waals surface area contributed by atoms with Gasteiger partial charge in [0.1, 0.15) is 5.60 Å². The van der Waals surface area contributed by atoms with E-state index in [-0.39, 0.29) is 13.1 Å². The first-order valence-electron chi connectivity index (χ1n) is 5.50. The highest BCUT2D eigenvalue weighted by molar-refractivity contribution is 5.83. The monoisotopic (exact) mass is 267 g/mol. The lowest BCUT2D eigenvalue weighted by Gasteiger charge is -2.52. The summed E-state index contributed by atoms with van der Waals surface area (Å²) in [5.41, 5.74) is -0.901. The Balaban J connectivity index is 1.95. The number of ether oxygens (including phenoxy) is 1. The number of hydrogen-bond acceptors (Lipinski definition) is 3. The lowest BCUT2D eigenvalue weighted by molar-refractivity contribution is -0.229. The summed E-state index contributed by atoms with van der Waals surface area (Å²) in [5.74, 6) is -3.01. The van der Waals surface area contributed by atoms with Crippen molar-refractivity contribution in [1.82, 2.24) is 4.90 Å². The summed E-state index contributed by atoms with van der Waals surface area (Å²) < 4.78 is 41.8. The smallest absolute Gasteiger partial charge is 0.471 e. The van der Waals surface area contributed by atoms with Crippen LogP contribution in [0.4, 0.5) is 13.2 Å². The molecule has 2 saturated heterocycles. The minimum Gasteiger partial charge on any atom is -0.479 e. The lowest BCUT2D eigenvalue weighted by atomic mass is 9.84. The maximum atomic E-state index is 12.2. The van der Waals surface area contributed by atoms with Crippen LogP contribution >= 0.6 is 0 Å². The molecule has 2 aliphatic rings. The number of carboxylic acid groups (broad SMARTS) is 1. The molecule has 102 valence electrons. The summed E-state index contributed by atoms with van der Waals surface area (Å²) in [6.07, 6.45) is -4.46. The van der Waals surface area contributed by atoms with E-state index in [1.54, 1.807) is 0 Å². The van der Waals surface area contributed by atoms with Gasteiger partial charge in [0.05, 0.1) is 13.1 Å². The quantitative estimate of drug-likeness (QED) is 0.762. The van der Waals surface area contributed by atoms with Crippen LogP contribution in [0.2, 0.25) is 0 Å². The van der Waals surface area contributed by atoms with Crippen molar-refractivity contribution >= 4 is 11.9 Å². The summed E-state index contributed by atoms with van der Waals surface area (Å²) in [6.45, 7) is -0.371. The Hall–Kier alpha value is -1.31. The number of aliphatic carboxylic acids is 1. The molecule has 2 fully saturated rings. The van der Waals surface area contributed by atoms with Crippen LogP contribution in [0, 0.1) is 0 Å². The third-order valence-electron chi connectivity index (χ3n) is 3.25. The topological polar surface area (TPSA) is 66.8 Å². The second-order valence-electron chi connectivity index (χ2n) is 4.68. The van der Waals surface area contributed by atoms with Crippen LogP contribution in [0.15, 0.2) is 0 Å². The molecule has 0 aromatic heterocycles. The molecule has 2 rings (SSSR count). The summed E-state index contributed by atoms with van der Waals surface area (Å²) in [7, 11) is 0. The highest BCUT2D eigenvalue weighted by Crippen LogP contribution is 2.38. The molecule has 1 amide bonds. The second-order valence-corrected chi connectivity index (χ2v) is 4.68. The number of hydrogen-bond donors (Lipinski definition) is 1. The zero-order chi connectivity index (χ0) is 13.6. The largest absolute Gasteiger partial charge is 0.479 e. The van der Waals surface area contributed by atoms with Gasteiger partial charge in [-0.2, -0.15) is 13.2 Å². The first-order chi connectivity index (χ1) is 8.23. The van der Waals surface area contributed by atoms with Gasteiger partial charge in [0.15, 0.2) is 6.10 Å². The van der Waals surface area contributed by atoms with Crippen molar-refractivity contribution in [3.63, 3.8) is 0 Å². The highest BCUT2D eigenvalue weighted by Gasteiger charge is 2.55. The fraction of sp³-hybridized carbons (Fsp3) is 0.800. The number of carboxylic acids is 1. The zero-order valence-corrected chi connectivity index (χ0v) is 9.37.